The van der Waals surface area contributed by atoms with Crippen LogP contribution in [0.1, 0.15) is 50.8 Å². The van der Waals surface area contributed by atoms with Crippen LogP contribution in [0, 0.1) is 5.92 Å². The number of rotatable bonds is 6. The zero-order valence-electron chi connectivity index (χ0n) is 15.6. The van der Waals surface area contributed by atoms with Gasteiger partial charge in [0.2, 0.25) is 5.91 Å². The van der Waals surface area contributed by atoms with Crippen molar-refractivity contribution in [2.24, 2.45) is 5.92 Å². The molecule has 140 valence electrons. The number of benzene rings is 1. The zero-order valence-corrected chi connectivity index (χ0v) is 16.4. The van der Waals surface area contributed by atoms with Crippen molar-refractivity contribution in [1.29, 1.82) is 0 Å². The second kappa shape index (κ2) is 7.87. The normalized spacial score (nSPS) is 18.8. The molecule has 0 saturated carbocycles. The summed E-state index contributed by atoms with van der Waals surface area (Å²) in [5.74, 6) is 0.216. The standard InChI is InChI=1S/C19H30N2O3S/c1-14(2)13-16-5-7-17(8-6-16)15(3)21-18(22)19(25(4,23)24)9-11-20-12-10-19/h5-8,14-15,20H,9-13H2,1-4H3,(H,21,22). The monoisotopic (exact) mass is 366 g/mol. The van der Waals surface area contributed by atoms with Gasteiger partial charge in [-0.3, -0.25) is 4.79 Å². The molecule has 0 aliphatic carbocycles. The molecule has 0 bridgehead atoms. The Balaban J connectivity index is 2.12. The first-order valence-corrected chi connectivity index (χ1v) is 10.8. The van der Waals surface area contributed by atoms with Crippen LogP contribution in [0.4, 0.5) is 0 Å². The van der Waals surface area contributed by atoms with Gasteiger partial charge in [0.25, 0.3) is 0 Å². The van der Waals surface area contributed by atoms with E-state index in [1.165, 1.54) is 11.8 Å². The maximum absolute atomic E-state index is 12.8. The van der Waals surface area contributed by atoms with Gasteiger partial charge in [0.1, 0.15) is 0 Å². The van der Waals surface area contributed by atoms with E-state index in [1.807, 2.05) is 19.1 Å². The Morgan fingerprint density at radius 2 is 1.72 bits per heavy atom. The molecule has 1 unspecified atom stereocenters. The minimum Gasteiger partial charge on any atom is -0.348 e. The molecule has 0 spiro atoms. The predicted octanol–water partition coefficient (Wildman–Crippen LogP) is 2.23. The van der Waals surface area contributed by atoms with E-state index < -0.39 is 14.6 Å². The van der Waals surface area contributed by atoms with E-state index in [4.69, 9.17) is 0 Å². The van der Waals surface area contributed by atoms with Gasteiger partial charge < -0.3 is 10.6 Å². The third-order valence-corrected chi connectivity index (χ3v) is 7.02. The van der Waals surface area contributed by atoms with Gasteiger partial charge in [0.15, 0.2) is 14.6 Å². The Morgan fingerprint density at radius 3 is 2.20 bits per heavy atom. The van der Waals surface area contributed by atoms with E-state index in [9.17, 15) is 13.2 Å². The van der Waals surface area contributed by atoms with E-state index in [-0.39, 0.29) is 11.9 Å². The molecule has 1 aromatic rings. The Bertz CT molecular complexity index is 690. The van der Waals surface area contributed by atoms with E-state index >= 15 is 0 Å². The average molecular weight is 367 g/mol. The van der Waals surface area contributed by atoms with Crippen molar-refractivity contribution in [3.63, 3.8) is 0 Å². The van der Waals surface area contributed by atoms with E-state index in [2.05, 4.69) is 36.6 Å². The van der Waals surface area contributed by atoms with Gasteiger partial charge in [-0.25, -0.2) is 8.42 Å². The molecule has 1 aliphatic heterocycles. The number of carbonyl (C=O) groups excluding carboxylic acids is 1. The molecule has 25 heavy (non-hydrogen) atoms. The lowest BCUT2D eigenvalue weighted by atomic mass is 9.94. The summed E-state index contributed by atoms with van der Waals surface area (Å²) in [6.45, 7) is 7.34. The van der Waals surface area contributed by atoms with Gasteiger partial charge in [0, 0.05) is 6.26 Å². The van der Waals surface area contributed by atoms with Gasteiger partial charge in [0.05, 0.1) is 6.04 Å². The third-order valence-electron chi connectivity index (χ3n) is 5.01. The second-order valence-corrected chi connectivity index (χ2v) is 9.88. The van der Waals surface area contributed by atoms with Crippen molar-refractivity contribution in [3.8, 4) is 0 Å². The maximum atomic E-state index is 12.8. The lowest BCUT2D eigenvalue weighted by Crippen LogP contribution is -2.57. The van der Waals surface area contributed by atoms with E-state index in [1.54, 1.807) is 0 Å². The first kappa shape index (κ1) is 19.9. The number of carbonyl (C=O) groups is 1. The largest absolute Gasteiger partial charge is 0.348 e. The Labute approximate surface area is 151 Å². The van der Waals surface area contributed by atoms with Crippen LogP contribution >= 0.6 is 0 Å². The number of hydrogen-bond acceptors (Lipinski definition) is 4. The average Bonchev–Trinajstić information content (AvgIpc) is 2.54. The minimum absolute atomic E-state index is 0.228. The van der Waals surface area contributed by atoms with Crippen molar-refractivity contribution in [2.75, 3.05) is 19.3 Å². The summed E-state index contributed by atoms with van der Waals surface area (Å²) in [4.78, 5) is 12.8. The Kier molecular flexibility index (Phi) is 6.27. The van der Waals surface area contributed by atoms with Gasteiger partial charge in [-0.05, 0) is 56.3 Å². The molecule has 0 radical (unpaired) electrons. The van der Waals surface area contributed by atoms with Crippen LogP contribution in [-0.4, -0.2) is 38.4 Å². The highest BCUT2D eigenvalue weighted by molar-refractivity contribution is 7.92. The van der Waals surface area contributed by atoms with Crippen molar-refractivity contribution >= 4 is 15.7 Å². The number of sulfone groups is 1. The van der Waals surface area contributed by atoms with E-state index in [0.717, 1.165) is 12.0 Å². The number of nitrogens with one attached hydrogen (secondary N) is 2. The number of piperidine rings is 1. The first-order chi connectivity index (χ1) is 11.7. The van der Waals surface area contributed by atoms with Crippen LogP contribution < -0.4 is 10.6 Å². The third kappa shape index (κ3) is 4.61. The zero-order chi connectivity index (χ0) is 18.7. The summed E-state index contributed by atoms with van der Waals surface area (Å²) >= 11 is 0. The molecular weight excluding hydrogens is 336 g/mol. The molecule has 2 rings (SSSR count). The van der Waals surface area contributed by atoms with Crippen LogP contribution in [0.5, 0.6) is 0 Å². The predicted molar refractivity (Wildman–Crippen MR) is 101 cm³/mol. The molecule has 6 heteroatoms. The minimum atomic E-state index is -3.49. The lowest BCUT2D eigenvalue weighted by Gasteiger charge is -2.35. The van der Waals surface area contributed by atoms with Crippen LogP contribution in [-0.2, 0) is 21.1 Å². The quantitative estimate of drug-likeness (QED) is 0.810. The highest BCUT2D eigenvalue weighted by atomic mass is 32.2. The Hall–Kier alpha value is -1.40. The highest BCUT2D eigenvalue weighted by Crippen LogP contribution is 2.29. The summed E-state index contributed by atoms with van der Waals surface area (Å²) in [5.41, 5.74) is 2.25. The molecular formula is C19H30N2O3S. The lowest BCUT2D eigenvalue weighted by molar-refractivity contribution is -0.125. The summed E-state index contributed by atoms with van der Waals surface area (Å²) < 4.78 is 23.3. The number of amides is 1. The summed E-state index contributed by atoms with van der Waals surface area (Å²) in [5, 5.41) is 6.06. The van der Waals surface area contributed by atoms with Crippen molar-refractivity contribution in [1.82, 2.24) is 10.6 Å². The molecule has 0 aromatic heterocycles. The van der Waals surface area contributed by atoms with Crippen molar-refractivity contribution in [2.45, 2.75) is 50.8 Å². The molecule has 1 aromatic carbocycles. The molecule has 1 fully saturated rings. The van der Waals surface area contributed by atoms with Gasteiger partial charge in [-0.2, -0.15) is 0 Å². The molecule has 1 aliphatic rings. The summed E-state index contributed by atoms with van der Waals surface area (Å²) in [6, 6.07) is 7.95. The SMILES string of the molecule is CC(C)Cc1ccc(C(C)NC(=O)C2(S(C)(=O)=O)CCNCC2)cc1. The second-order valence-electron chi connectivity index (χ2n) is 7.55. The van der Waals surface area contributed by atoms with Crippen molar-refractivity contribution in [3.05, 3.63) is 35.4 Å². The van der Waals surface area contributed by atoms with Crippen LogP contribution in [0.2, 0.25) is 0 Å². The molecule has 1 heterocycles. The fraction of sp³-hybridized carbons (Fsp3) is 0.632. The van der Waals surface area contributed by atoms with E-state index in [0.29, 0.717) is 31.8 Å². The molecule has 1 amide bonds. The highest BCUT2D eigenvalue weighted by Gasteiger charge is 2.48. The molecule has 5 nitrogen and oxygen atoms in total. The molecule has 1 saturated heterocycles. The maximum Gasteiger partial charge on any atom is 0.242 e. The topological polar surface area (TPSA) is 75.3 Å². The van der Waals surface area contributed by atoms with Crippen molar-refractivity contribution < 1.29 is 13.2 Å². The van der Waals surface area contributed by atoms with Crippen LogP contribution in [0.3, 0.4) is 0 Å². The van der Waals surface area contributed by atoms with Gasteiger partial charge in [-0.15, -0.1) is 0 Å². The van der Waals surface area contributed by atoms with Crippen LogP contribution in [0.25, 0.3) is 0 Å². The van der Waals surface area contributed by atoms with Crippen LogP contribution in [0.15, 0.2) is 24.3 Å². The molecule has 2 N–H and O–H groups in total. The number of hydrogen-bond donors (Lipinski definition) is 2. The van der Waals surface area contributed by atoms with Gasteiger partial charge >= 0.3 is 0 Å². The summed E-state index contributed by atoms with van der Waals surface area (Å²) in [7, 11) is -3.49. The smallest absolute Gasteiger partial charge is 0.242 e. The fourth-order valence-corrected chi connectivity index (χ4v) is 4.76. The fourth-order valence-electron chi connectivity index (χ4n) is 3.42. The summed E-state index contributed by atoms with van der Waals surface area (Å²) in [6.07, 6.45) is 2.82. The Morgan fingerprint density at radius 1 is 1.16 bits per heavy atom. The molecule has 1 atom stereocenters. The van der Waals surface area contributed by atoms with Gasteiger partial charge in [-0.1, -0.05) is 38.1 Å². The first-order valence-electron chi connectivity index (χ1n) is 8.96.